The summed E-state index contributed by atoms with van der Waals surface area (Å²) in [4.78, 5) is 0. The standard InChI is InChI=1S/C21H19ClO4/c1-14(21-23-10-11-24-21)25-18-6-8-19(9-7-18)26-20-5-3-15-12-17(22)4-2-16(15)13-20/h2-9,12-14,21H,10-11H2,1H3. The van der Waals surface area contributed by atoms with E-state index in [0.717, 1.165) is 33.0 Å². The van der Waals surface area contributed by atoms with Crippen molar-refractivity contribution in [1.82, 2.24) is 0 Å². The highest BCUT2D eigenvalue weighted by atomic mass is 35.5. The first-order valence-corrected chi connectivity index (χ1v) is 8.92. The quantitative estimate of drug-likeness (QED) is 0.600. The van der Waals surface area contributed by atoms with Crippen LogP contribution in [0.15, 0.2) is 60.7 Å². The van der Waals surface area contributed by atoms with E-state index in [0.29, 0.717) is 13.2 Å². The molecule has 1 fully saturated rings. The molecule has 0 aliphatic carbocycles. The molecule has 1 unspecified atom stereocenters. The Balaban J connectivity index is 1.43. The van der Waals surface area contributed by atoms with Crippen molar-refractivity contribution < 1.29 is 18.9 Å². The van der Waals surface area contributed by atoms with E-state index in [1.165, 1.54) is 0 Å². The Kier molecular flexibility index (Phi) is 4.98. The second-order valence-electron chi connectivity index (χ2n) is 6.16. The second-order valence-corrected chi connectivity index (χ2v) is 6.60. The van der Waals surface area contributed by atoms with Crippen LogP contribution in [0.25, 0.3) is 10.8 Å². The van der Waals surface area contributed by atoms with Gasteiger partial charge in [0.2, 0.25) is 0 Å². The molecule has 1 atom stereocenters. The monoisotopic (exact) mass is 370 g/mol. The zero-order valence-electron chi connectivity index (χ0n) is 14.4. The Hall–Kier alpha value is -2.27. The summed E-state index contributed by atoms with van der Waals surface area (Å²) >= 11 is 6.02. The molecule has 0 amide bonds. The van der Waals surface area contributed by atoms with E-state index < -0.39 is 0 Å². The van der Waals surface area contributed by atoms with Gasteiger partial charge < -0.3 is 18.9 Å². The fourth-order valence-electron chi connectivity index (χ4n) is 2.90. The summed E-state index contributed by atoms with van der Waals surface area (Å²) in [5.74, 6) is 2.26. The molecule has 1 aliphatic heterocycles. The molecule has 3 aromatic carbocycles. The fraction of sp³-hybridized carbons (Fsp3) is 0.238. The molecular weight excluding hydrogens is 352 g/mol. The third kappa shape index (κ3) is 3.93. The van der Waals surface area contributed by atoms with Crippen LogP contribution < -0.4 is 9.47 Å². The van der Waals surface area contributed by atoms with Crippen molar-refractivity contribution in [2.75, 3.05) is 13.2 Å². The van der Waals surface area contributed by atoms with Crippen molar-refractivity contribution in [3.63, 3.8) is 0 Å². The topological polar surface area (TPSA) is 36.9 Å². The number of rotatable bonds is 5. The molecule has 0 N–H and O–H groups in total. The van der Waals surface area contributed by atoms with Crippen LogP contribution in [-0.4, -0.2) is 25.6 Å². The Morgan fingerprint density at radius 1 is 0.846 bits per heavy atom. The lowest BCUT2D eigenvalue weighted by atomic mass is 10.1. The van der Waals surface area contributed by atoms with Gasteiger partial charge in [0.1, 0.15) is 23.4 Å². The van der Waals surface area contributed by atoms with E-state index >= 15 is 0 Å². The minimum absolute atomic E-state index is 0.170. The van der Waals surface area contributed by atoms with Gasteiger partial charge in [-0.25, -0.2) is 0 Å². The lowest BCUT2D eigenvalue weighted by Gasteiger charge is -2.19. The van der Waals surface area contributed by atoms with Gasteiger partial charge in [0.15, 0.2) is 6.29 Å². The van der Waals surface area contributed by atoms with E-state index in [2.05, 4.69) is 0 Å². The van der Waals surface area contributed by atoms with Gasteiger partial charge in [0, 0.05) is 5.02 Å². The normalized spacial score (nSPS) is 15.9. The van der Waals surface area contributed by atoms with Gasteiger partial charge in [-0.1, -0.05) is 23.7 Å². The largest absolute Gasteiger partial charge is 0.485 e. The van der Waals surface area contributed by atoms with Crippen LogP contribution in [0.2, 0.25) is 5.02 Å². The van der Waals surface area contributed by atoms with Crippen LogP contribution in [-0.2, 0) is 9.47 Å². The first-order chi connectivity index (χ1) is 12.7. The summed E-state index contributed by atoms with van der Waals surface area (Å²) in [6.45, 7) is 3.16. The minimum Gasteiger partial charge on any atom is -0.485 e. The van der Waals surface area contributed by atoms with Crippen molar-refractivity contribution in [2.24, 2.45) is 0 Å². The molecule has 4 nitrogen and oxygen atoms in total. The summed E-state index contributed by atoms with van der Waals surface area (Å²) < 4.78 is 22.7. The molecule has 5 heteroatoms. The molecule has 134 valence electrons. The average Bonchev–Trinajstić information content (AvgIpc) is 3.18. The molecule has 26 heavy (non-hydrogen) atoms. The van der Waals surface area contributed by atoms with Crippen LogP contribution in [0, 0.1) is 0 Å². The molecule has 1 saturated heterocycles. The minimum atomic E-state index is -0.308. The summed E-state index contributed by atoms with van der Waals surface area (Å²) in [6, 6.07) is 19.2. The van der Waals surface area contributed by atoms with E-state index in [1.807, 2.05) is 67.6 Å². The molecule has 1 heterocycles. The lowest BCUT2D eigenvalue weighted by molar-refractivity contribution is -0.104. The Morgan fingerprint density at radius 2 is 1.46 bits per heavy atom. The molecule has 4 rings (SSSR count). The first kappa shape index (κ1) is 17.2. The molecule has 0 saturated carbocycles. The average molecular weight is 371 g/mol. The maximum Gasteiger partial charge on any atom is 0.194 e. The number of benzene rings is 3. The third-order valence-corrected chi connectivity index (χ3v) is 4.42. The van der Waals surface area contributed by atoms with Crippen LogP contribution in [0.5, 0.6) is 17.2 Å². The molecule has 0 bridgehead atoms. The molecular formula is C21H19ClO4. The van der Waals surface area contributed by atoms with Crippen LogP contribution >= 0.6 is 11.6 Å². The highest BCUT2D eigenvalue weighted by Gasteiger charge is 2.24. The predicted molar refractivity (Wildman–Crippen MR) is 101 cm³/mol. The van der Waals surface area contributed by atoms with Gasteiger partial charge in [-0.3, -0.25) is 0 Å². The van der Waals surface area contributed by atoms with Gasteiger partial charge in [0.25, 0.3) is 0 Å². The van der Waals surface area contributed by atoms with E-state index in [4.69, 9.17) is 30.5 Å². The van der Waals surface area contributed by atoms with Crippen molar-refractivity contribution in [3.05, 3.63) is 65.7 Å². The number of hydrogen-bond donors (Lipinski definition) is 0. The van der Waals surface area contributed by atoms with E-state index in [9.17, 15) is 0 Å². The molecule has 1 aliphatic rings. The van der Waals surface area contributed by atoms with Crippen LogP contribution in [0.1, 0.15) is 6.92 Å². The van der Waals surface area contributed by atoms with Gasteiger partial charge in [-0.2, -0.15) is 0 Å². The Labute approximate surface area is 157 Å². The molecule has 3 aromatic rings. The highest BCUT2D eigenvalue weighted by Crippen LogP contribution is 2.28. The zero-order valence-corrected chi connectivity index (χ0v) is 15.1. The number of halogens is 1. The summed E-state index contributed by atoms with van der Waals surface area (Å²) in [7, 11) is 0. The second kappa shape index (κ2) is 7.54. The SMILES string of the molecule is CC(Oc1ccc(Oc2ccc3cc(Cl)ccc3c2)cc1)C1OCCO1. The summed E-state index contributed by atoms with van der Waals surface area (Å²) in [5.41, 5.74) is 0. The van der Waals surface area contributed by atoms with Crippen molar-refractivity contribution in [2.45, 2.75) is 19.3 Å². The number of fused-ring (bicyclic) bond motifs is 1. The fourth-order valence-corrected chi connectivity index (χ4v) is 3.08. The smallest absolute Gasteiger partial charge is 0.194 e. The van der Waals surface area contributed by atoms with Gasteiger partial charge in [0.05, 0.1) is 13.2 Å². The van der Waals surface area contributed by atoms with Crippen LogP contribution in [0.4, 0.5) is 0 Å². The maximum absolute atomic E-state index is 6.02. The number of hydrogen-bond acceptors (Lipinski definition) is 4. The molecule has 0 radical (unpaired) electrons. The van der Waals surface area contributed by atoms with Gasteiger partial charge >= 0.3 is 0 Å². The summed E-state index contributed by atoms with van der Waals surface area (Å²) in [6.07, 6.45) is -0.478. The molecule has 0 spiro atoms. The zero-order chi connectivity index (χ0) is 17.9. The number of ether oxygens (including phenoxy) is 4. The van der Waals surface area contributed by atoms with E-state index in [1.54, 1.807) is 0 Å². The first-order valence-electron chi connectivity index (χ1n) is 8.54. The van der Waals surface area contributed by atoms with Gasteiger partial charge in [-0.15, -0.1) is 0 Å². The lowest BCUT2D eigenvalue weighted by Crippen LogP contribution is -2.29. The Morgan fingerprint density at radius 3 is 2.23 bits per heavy atom. The van der Waals surface area contributed by atoms with Gasteiger partial charge in [-0.05, 0) is 66.2 Å². The summed E-state index contributed by atoms with van der Waals surface area (Å²) in [5, 5.41) is 2.89. The van der Waals surface area contributed by atoms with Crippen LogP contribution in [0.3, 0.4) is 0 Å². The van der Waals surface area contributed by atoms with Crippen molar-refractivity contribution in [3.8, 4) is 17.2 Å². The molecule has 0 aromatic heterocycles. The third-order valence-electron chi connectivity index (χ3n) is 4.19. The van der Waals surface area contributed by atoms with Crippen molar-refractivity contribution >= 4 is 22.4 Å². The van der Waals surface area contributed by atoms with E-state index in [-0.39, 0.29) is 12.4 Å². The van der Waals surface area contributed by atoms with Crippen molar-refractivity contribution in [1.29, 1.82) is 0 Å². The maximum atomic E-state index is 6.02. The Bertz CT molecular complexity index is 888. The highest BCUT2D eigenvalue weighted by molar-refractivity contribution is 6.31. The predicted octanol–water partition coefficient (Wildman–Crippen LogP) is 5.43.